The van der Waals surface area contributed by atoms with E-state index in [4.69, 9.17) is 9.47 Å². The smallest absolute Gasteiger partial charge is 0.309 e. The van der Waals surface area contributed by atoms with Crippen molar-refractivity contribution in [3.05, 3.63) is 30.3 Å². The molecule has 7 heteroatoms. The number of piperidine rings is 1. The molecule has 0 spiro atoms. The highest BCUT2D eigenvalue weighted by molar-refractivity contribution is 14.0. The van der Waals surface area contributed by atoms with Crippen molar-refractivity contribution in [3.63, 3.8) is 0 Å². The van der Waals surface area contributed by atoms with Crippen LogP contribution in [0.3, 0.4) is 0 Å². The van der Waals surface area contributed by atoms with Gasteiger partial charge in [-0.05, 0) is 38.3 Å². The Morgan fingerprint density at radius 2 is 1.96 bits per heavy atom. The summed E-state index contributed by atoms with van der Waals surface area (Å²) >= 11 is 0. The van der Waals surface area contributed by atoms with Crippen molar-refractivity contribution >= 4 is 35.9 Å². The van der Waals surface area contributed by atoms with Crippen molar-refractivity contribution in [2.75, 3.05) is 39.9 Å². The highest BCUT2D eigenvalue weighted by Crippen LogP contribution is 2.18. The summed E-state index contributed by atoms with van der Waals surface area (Å²) in [7, 11) is 1.79. The summed E-state index contributed by atoms with van der Waals surface area (Å²) in [5.41, 5.74) is 0. The topological polar surface area (TPSA) is 63.2 Å². The van der Waals surface area contributed by atoms with Crippen molar-refractivity contribution in [1.29, 1.82) is 0 Å². The van der Waals surface area contributed by atoms with Gasteiger partial charge in [-0.1, -0.05) is 18.2 Å². The van der Waals surface area contributed by atoms with Crippen LogP contribution in [-0.2, 0) is 9.53 Å². The van der Waals surface area contributed by atoms with E-state index in [1.54, 1.807) is 7.05 Å². The van der Waals surface area contributed by atoms with Gasteiger partial charge in [0.1, 0.15) is 5.75 Å². The lowest BCUT2D eigenvalue weighted by molar-refractivity contribution is -0.149. The molecule has 26 heavy (non-hydrogen) atoms. The van der Waals surface area contributed by atoms with Crippen LogP contribution in [0.4, 0.5) is 0 Å². The van der Waals surface area contributed by atoms with Gasteiger partial charge in [0.05, 0.1) is 19.1 Å². The molecule has 1 saturated heterocycles. The minimum absolute atomic E-state index is 0. The summed E-state index contributed by atoms with van der Waals surface area (Å²) in [6, 6.07) is 9.83. The van der Waals surface area contributed by atoms with Crippen molar-refractivity contribution in [2.45, 2.75) is 26.2 Å². The molecule has 1 aromatic rings. The summed E-state index contributed by atoms with van der Waals surface area (Å²) < 4.78 is 10.8. The van der Waals surface area contributed by atoms with Gasteiger partial charge in [0.25, 0.3) is 0 Å². The molecule has 6 nitrogen and oxygen atoms in total. The Morgan fingerprint density at radius 3 is 2.58 bits per heavy atom. The number of carbonyl (C=O) groups is 1. The molecule has 1 aliphatic heterocycles. The minimum atomic E-state index is -0.0665. The van der Waals surface area contributed by atoms with Gasteiger partial charge >= 0.3 is 5.97 Å². The Labute approximate surface area is 173 Å². The number of rotatable bonds is 7. The third-order valence-electron chi connectivity index (χ3n) is 4.24. The van der Waals surface area contributed by atoms with Crippen LogP contribution in [0.1, 0.15) is 26.2 Å². The molecular weight excluding hydrogens is 445 g/mol. The molecule has 0 aromatic heterocycles. The number of hydrogen-bond donors (Lipinski definition) is 1. The SMILES string of the molecule is CCOC(=O)C1CCN(C(=NC)NCCCOc2ccccc2)CC1.I. The van der Waals surface area contributed by atoms with Crippen LogP contribution < -0.4 is 10.1 Å². The van der Waals surface area contributed by atoms with Crippen LogP contribution in [-0.4, -0.2) is 56.7 Å². The molecule has 0 atom stereocenters. The molecule has 1 aliphatic rings. The van der Waals surface area contributed by atoms with E-state index in [9.17, 15) is 4.79 Å². The van der Waals surface area contributed by atoms with Crippen molar-refractivity contribution in [2.24, 2.45) is 10.9 Å². The fourth-order valence-electron chi connectivity index (χ4n) is 2.90. The average Bonchev–Trinajstić information content (AvgIpc) is 2.66. The number of likely N-dealkylation sites (tertiary alicyclic amines) is 1. The van der Waals surface area contributed by atoms with Gasteiger partial charge in [-0.25, -0.2) is 0 Å². The first-order chi connectivity index (χ1) is 12.2. The van der Waals surface area contributed by atoms with Gasteiger partial charge in [0.15, 0.2) is 5.96 Å². The van der Waals surface area contributed by atoms with Gasteiger partial charge in [-0.15, -0.1) is 24.0 Å². The average molecular weight is 475 g/mol. The van der Waals surface area contributed by atoms with E-state index in [1.807, 2.05) is 37.3 Å². The van der Waals surface area contributed by atoms with Crippen LogP contribution >= 0.6 is 24.0 Å². The number of ether oxygens (including phenoxy) is 2. The van der Waals surface area contributed by atoms with Crippen molar-refractivity contribution in [1.82, 2.24) is 10.2 Å². The van der Waals surface area contributed by atoms with Gasteiger partial charge in [0.2, 0.25) is 0 Å². The number of carbonyl (C=O) groups excluding carboxylic acids is 1. The van der Waals surface area contributed by atoms with E-state index < -0.39 is 0 Å². The van der Waals surface area contributed by atoms with Crippen LogP contribution in [0.25, 0.3) is 0 Å². The second-order valence-electron chi connectivity index (χ2n) is 6.00. The standard InChI is InChI=1S/C19H29N3O3.HI/c1-3-24-18(23)16-10-13-22(14-11-16)19(20-2)21-12-7-15-25-17-8-5-4-6-9-17;/h4-6,8-9,16H,3,7,10-15H2,1-2H3,(H,20,21);1H. The first kappa shape index (κ1) is 22.5. The highest BCUT2D eigenvalue weighted by Gasteiger charge is 2.27. The van der Waals surface area contributed by atoms with E-state index in [0.29, 0.717) is 13.2 Å². The zero-order valence-electron chi connectivity index (χ0n) is 15.6. The molecule has 0 saturated carbocycles. The van der Waals surface area contributed by atoms with Crippen molar-refractivity contribution in [3.8, 4) is 5.75 Å². The lowest BCUT2D eigenvalue weighted by Gasteiger charge is -2.33. The van der Waals surface area contributed by atoms with Gasteiger partial charge in [-0.3, -0.25) is 9.79 Å². The molecule has 0 aliphatic carbocycles. The van der Waals surface area contributed by atoms with E-state index in [-0.39, 0.29) is 35.9 Å². The fraction of sp³-hybridized carbons (Fsp3) is 0.579. The molecule has 0 radical (unpaired) electrons. The maximum absolute atomic E-state index is 11.8. The first-order valence-electron chi connectivity index (χ1n) is 9.04. The predicted molar refractivity (Wildman–Crippen MR) is 114 cm³/mol. The summed E-state index contributed by atoms with van der Waals surface area (Å²) in [5, 5.41) is 3.37. The second-order valence-corrected chi connectivity index (χ2v) is 6.00. The number of benzene rings is 1. The summed E-state index contributed by atoms with van der Waals surface area (Å²) in [4.78, 5) is 18.4. The summed E-state index contributed by atoms with van der Waals surface area (Å²) in [6.45, 7) is 5.41. The number of para-hydroxylation sites is 1. The highest BCUT2D eigenvalue weighted by atomic mass is 127. The number of aliphatic imine (C=N–C) groups is 1. The normalized spacial score (nSPS) is 15.2. The van der Waals surface area contributed by atoms with Crippen molar-refractivity contribution < 1.29 is 14.3 Å². The molecule has 0 unspecified atom stereocenters. The quantitative estimate of drug-likeness (QED) is 0.216. The van der Waals surface area contributed by atoms with Gasteiger partial charge in [0, 0.05) is 26.7 Å². The number of halogens is 1. The fourth-order valence-corrected chi connectivity index (χ4v) is 2.90. The number of nitrogens with zero attached hydrogens (tertiary/aromatic N) is 2. The Kier molecular flexibility index (Phi) is 11.1. The molecular formula is C19H30IN3O3. The Bertz CT molecular complexity index is 546. The summed E-state index contributed by atoms with van der Waals surface area (Å²) in [5.74, 6) is 1.74. The Hall–Kier alpha value is -1.51. The van der Waals surface area contributed by atoms with E-state index in [1.165, 1.54) is 0 Å². The zero-order chi connectivity index (χ0) is 17.9. The van der Waals surface area contributed by atoms with E-state index in [0.717, 1.165) is 50.6 Å². The van der Waals surface area contributed by atoms with Crippen LogP contribution in [0, 0.1) is 5.92 Å². The monoisotopic (exact) mass is 475 g/mol. The second kappa shape index (κ2) is 12.8. The largest absolute Gasteiger partial charge is 0.494 e. The maximum Gasteiger partial charge on any atom is 0.309 e. The van der Waals surface area contributed by atoms with Crippen LogP contribution in [0.5, 0.6) is 5.75 Å². The number of esters is 1. The van der Waals surface area contributed by atoms with Gasteiger partial charge < -0.3 is 19.7 Å². The Morgan fingerprint density at radius 1 is 1.27 bits per heavy atom. The predicted octanol–water partition coefficient (Wildman–Crippen LogP) is 2.92. The molecule has 0 amide bonds. The van der Waals surface area contributed by atoms with E-state index >= 15 is 0 Å². The minimum Gasteiger partial charge on any atom is -0.494 e. The molecule has 146 valence electrons. The molecule has 0 bridgehead atoms. The van der Waals surface area contributed by atoms with Crippen LogP contribution in [0.2, 0.25) is 0 Å². The first-order valence-corrected chi connectivity index (χ1v) is 9.04. The molecule has 2 rings (SSSR count). The Balaban J connectivity index is 0.00000338. The lowest BCUT2D eigenvalue weighted by atomic mass is 9.97. The number of hydrogen-bond acceptors (Lipinski definition) is 4. The molecule has 1 aromatic carbocycles. The molecule has 1 N–H and O–H groups in total. The lowest BCUT2D eigenvalue weighted by Crippen LogP contribution is -2.47. The summed E-state index contributed by atoms with van der Waals surface area (Å²) in [6.07, 6.45) is 2.53. The maximum atomic E-state index is 11.8. The third-order valence-corrected chi connectivity index (χ3v) is 4.24. The third kappa shape index (κ3) is 7.39. The molecule has 1 heterocycles. The number of guanidine groups is 1. The van der Waals surface area contributed by atoms with Crippen LogP contribution in [0.15, 0.2) is 35.3 Å². The van der Waals surface area contributed by atoms with E-state index in [2.05, 4.69) is 15.2 Å². The molecule has 1 fully saturated rings. The zero-order valence-corrected chi connectivity index (χ0v) is 18.0. The van der Waals surface area contributed by atoms with Gasteiger partial charge in [-0.2, -0.15) is 0 Å². The number of nitrogens with one attached hydrogen (secondary N) is 1.